The lowest BCUT2D eigenvalue weighted by molar-refractivity contribution is -1.13. The number of fused-ring (bicyclic) bond motifs is 1. The Morgan fingerprint density at radius 2 is 1.80 bits per heavy atom. The van der Waals surface area contributed by atoms with Gasteiger partial charge in [-0.25, -0.2) is 15.1 Å². The molecule has 1 aromatic rings. The fraction of sp³-hybridized carbons (Fsp3) is 0.724. The fourth-order valence-corrected chi connectivity index (χ4v) is 6.51. The smallest absolute Gasteiger partial charge is 0.494 e. The molecule has 3 aliphatic rings. The van der Waals surface area contributed by atoms with Crippen LogP contribution >= 0.6 is 0 Å². The van der Waals surface area contributed by atoms with Crippen molar-refractivity contribution in [3.05, 3.63) is 23.3 Å². The van der Waals surface area contributed by atoms with Gasteiger partial charge in [-0.1, -0.05) is 47.0 Å². The summed E-state index contributed by atoms with van der Waals surface area (Å²) in [6.07, 6.45) is -6.89. The van der Waals surface area contributed by atoms with E-state index in [2.05, 4.69) is 20.7 Å². The minimum Gasteiger partial charge on any atom is -0.494 e. The summed E-state index contributed by atoms with van der Waals surface area (Å²) in [4.78, 5) is 36.0. The summed E-state index contributed by atoms with van der Waals surface area (Å²) in [5, 5.41) is 1.57. The van der Waals surface area contributed by atoms with Gasteiger partial charge in [0.05, 0.1) is 32.2 Å². The lowest BCUT2D eigenvalue weighted by atomic mass is 9.84. The van der Waals surface area contributed by atoms with Gasteiger partial charge in [-0.3, -0.25) is 15.4 Å². The van der Waals surface area contributed by atoms with E-state index in [-0.39, 0.29) is 17.6 Å². The normalized spacial score (nSPS) is 28.2. The number of halogens is 3. The predicted molar refractivity (Wildman–Crippen MR) is 157 cm³/mol. The maximum absolute atomic E-state index is 14.2. The van der Waals surface area contributed by atoms with Crippen molar-refractivity contribution >= 4 is 17.4 Å². The van der Waals surface area contributed by atoms with E-state index in [1.54, 1.807) is 24.3 Å². The van der Waals surface area contributed by atoms with Gasteiger partial charge in [0.2, 0.25) is 18.5 Å². The number of methoxy groups -OCH3 is 1. The Labute approximate surface area is 257 Å². The number of anilines is 1. The number of hydrogen-bond acceptors (Lipinski definition) is 11. The second kappa shape index (κ2) is 13.1. The number of hydroxylamine groups is 2. The summed E-state index contributed by atoms with van der Waals surface area (Å²) in [6, 6.07) is 3.40. The maximum Gasteiger partial charge on any atom is 0.497 e. The summed E-state index contributed by atoms with van der Waals surface area (Å²) < 4.78 is 51.1. The van der Waals surface area contributed by atoms with Crippen molar-refractivity contribution in [2.45, 2.75) is 78.2 Å². The molecular formula is C29H47F3N7O5+. The highest BCUT2D eigenvalue weighted by atomic mass is 19.4. The number of morpholine rings is 1. The molecule has 15 heteroatoms. The molecule has 5 atom stereocenters. The minimum absolute atomic E-state index is 0.148. The quantitative estimate of drug-likeness (QED) is 0.276. The molecule has 0 saturated carbocycles. The molecule has 3 aliphatic heterocycles. The Balaban J connectivity index is 1.77. The van der Waals surface area contributed by atoms with Crippen molar-refractivity contribution in [1.82, 2.24) is 20.8 Å². The first kappa shape index (κ1) is 34.3. The van der Waals surface area contributed by atoms with Gasteiger partial charge in [-0.05, 0) is 41.8 Å². The van der Waals surface area contributed by atoms with Crippen LogP contribution < -0.4 is 26.2 Å². The molecule has 3 fully saturated rings. The van der Waals surface area contributed by atoms with Crippen LogP contribution in [0, 0.1) is 5.92 Å². The molecular weight excluding hydrogens is 583 g/mol. The molecule has 3 saturated heterocycles. The Morgan fingerprint density at radius 3 is 2.34 bits per heavy atom. The second-order valence-corrected chi connectivity index (χ2v) is 12.7. The van der Waals surface area contributed by atoms with E-state index < -0.39 is 47.1 Å². The van der Waals surface area contributed by atoms with Gasteiger partial charge in [-0.2, -0.15) is 13.2 Å². The zero-order chi connectivity index (χ0) is 32.6. The number of carbonyl (C=O) groups excluding carboxylic acids is 2. The number of nitrogens with two attached hydrogens (primary N) is 1. The summed E-state index contributed by atoms with van der Waals surface area (Å²) in [5.74, 6) is -2.66. The van der Waals surface area contributed by atoms with Crippen LogP contribution in [0.3, 0.4) is 0 Å². The van der Waals surface area contributed by atoms with Gasteiger partial charge in [-0.15, -0.1) is 5.01 Å². The van der Waals surface area contributed by atoms with Gasteiger partial charge >= 0.3 is 12.1 Å². The number of nitrogens with one attached hydrogen (secondary N) is 2. The van der Waals surface area contributed by atoms with Gasteiger partial charge in [0.25, 0.3) is 0 Å². The molecule has 0 spiro atoms. The molecule has 0 aliphatic carbocycles. The van der Waals surface area contributed by atoms with Gasteiger partial charge in [0.1, 0.15) is 5.75 Å². The minimum atomic E-state index is -5.29. The van der Waals surface area contributed by atoms with Crippen molar-refractivity contribution in [2.75, 3.05) is 57.9 Å². The molecule has 44 heavy (non-hydrogen) atoms. The average molecular weight is 631 g/mol. The van der Waals surface area contributed by atoms with Crippen LogP contribution in [0.25, 0.3) is 0 Å². The number of alkyl halides is 3. The molecule has 0 radical (unpaired) electrons. The van der Waals surface area contributed by atoms with Crippen LogP contribution in [0.2, 0.25) is 0 Å². The number of carbonyl (C=O) groups is 2. The van der Waals surface area contributed by atoms with Gasteiger partial charge in [0.15, 0.2) is 6.29 Å². The zero-order valence-corrected chi connectivity index (χ0v) is 26.7. The SMILES string of the molecule is CCN(CC)C1CC(C)C2N(N1)C(N)N[N+]2(CC(=O)c1cc(N2CCOCC2)c(OC)c(C(C)(C)C)c1)OC(=O)C(F)(F)F. The standard InChI is InChI=1S/C29H47F3N7O5/c1-8-36(9-2)23-14-18(3)25-38(34-23)27(33)35-39(25,44-26(41)29(30,31)32)17-22(40)19-15-20(28(4,5)6)24(42-7)21(16-19)37-10-12-43-13-11-37/h15-16,18,23,25,27,34-35H,8-14,17,33H2,1-7H3/q+1. The van der Waals surface area contributed by atoms with Crippen molar-refractivity contribution < 1.29 is 41.8 Å². The third-order valence-corrected chi connectivity index (χ3v) is 8.63. The Kier molecular flexibility index (Phi) is 10.2. The summed E-state index contributed by atoms with van der Waals surface area (Å²) in [7, 11) is 1.57. The van der Waals surface area contributed by atoms with Crippen LogP contribution in [0.4, 0.5) is 18.9 Å². The predicted octanol–water partition coefficient (Wildman–Crippen LogP) is 2.45. The van der Waals surface area contributed by atoms with E-state index in [1.807, 2.05) is 41.5 Å². The van der Waals surface area contributed by atoms with E-state index in [0.29, 0.717) is 44.2 Å². The third-order valence-electron chi connectivity index (χ3n) is 8.63. The first-order valence-electron chi connectivity index (χ1n) is 15.1. The highest BCUT2D eigenvalue weighted by molar-refractivity contribution is 5.99. The van der Waals surface area contributed by atoms with E-state index in [1.165, 1.54) is 0 Å². The molecule has 4 N–H and O–H groups in total. The number of hydrazine groups is 1. The average Bonchev–Trinajstić information content (AvgIpc) is 3.23. The van der Waals surface area contributed by atoms with E-state index in [4.69, 9.17) is 20.0 Å². The summed E-state index contributed by atoms with van der Waals surface area (Å²) >= 11 is 0. The Bertz CT molecular complexity index is 1200. The van der Waals surface area contributed by atoms with E-state index in [0.717, 1.165) is 18.7 Å². The number of benzene rings is 1. The molecule has 248 valence electrons. The fourth-order valence-electron chi connectivity index (χ4n) is 6.51. The first-order valence-corrected chi connectivity index (χ1v) is 15.1. The number of rotatable bonds is 9. The molecule has 0 aromatic heterocycles. The first-order chi connectivity index (χ1) is 20.6. The molecule has 0 amide bonds. The molecule has 1 aromatic carbocycles. The Morgan fingerprint density at radius 1 is 1.16 bits per heavy atom. The number of ether oxygens (including phenoxy) is 2. The van der Waals surface area contributed by atoms with Crippen LogP contribution in [0.5, 0.6) is 5.75 Å². The van der Waals surface area contributed by atoms with Crippen LogP contribution in [-0.2, 0) is 19.8 Å². The van der Waals surface area contributed by atoms with Crippen molar-refractivity contribution in [3.63, 3.8) is 0 Å². The second-order valence-electron chi connectivity index (χ2n) is 12.7. The molecule has 5 unspecified atom stereocenters. The van der Waals surface area contributed by atoms with E-state index in [9.17, 15) is 22.8 Å². The molecule has 12 nitrogen and oxygen atoms in total. The lowest BCUT2D eigenvalue weighted by Gasteiger charge is -2.45. The number of ketones is 1. The van der Waals surface area contributed by atoms with Crippen LogP contribution in [0.1, 0.15) is 63.9 Å². The molecule has 0 bridgehead atoms. The van der Waals surface area contributed by atoms with Crippen LogP contribution in [0.15, 0.2) is 12.1 Å². The highest BCUT2D eigenvalue weighted by Gasteiger charge is 2.63. The van der Waals surface area contributed by atoms with Gasteiger partial charge < -0.3 is 14.4 Å². The molecule has 4 rings (SSSR count). The molecule has 3 heterocycles. The number of Topliss-reactive ketones (excluding diaryl/α,β-unsaturated/α-hetero) is 1. The number of quaternary nitrogens is 1. The van der Waals surface area contributed by atoms with Crippen molar-refractivity contribution in [2.24, 2.45) is 11.7 Å². The van der Waals surface area contributed by atoms with Crippen molar-refractivity contribution in [1.29, 1.82) is 0 Å². The highest BCUT2D eigenvalue weighted by Crippen LogP contribution is 2.41. The Hall–Kier alpha value is -2.53. The topological polar surface area (TPSA) is 122 Å². The maximum atomic E-state index is 14.2. The van der Waals surface area contributed by atoms with Gasteiger partial charge in [0, 0.05) is 30.1 Å². The van der Waals surface area contributed by atoms with Crippen molar-refractivity contribution in [3.8, 4) is 5.75 Å². The number of hydrogen-bond donors (Lipinski definition) is 3. The summed E-state index contributed by atoms with van der Waals surface area (Å²) in [5.41, 5.74) is 13.8. The third kappa shape index (κ3) is 6.83. The monoisotopic (exact) mass is 630 g/mol. The lowest BCUT2D eigenvalue weighted by Crippen LogP contribution is -2.70. The number of nitrogens with zero attached hydrogens (tertiary/aromatic N) is 4. The van der Waals surface area contributed by atoms with Crippen LogP contribution in [-0.4, -0.2) is 104 Å². The van der Waals surface area contributed by atoms with E-state index >= 15 is 0 Å². The summed E-state index contributed by atoms with van der Waals surface area (Å²) in [6.45, 7) is 14.8. The largest absolute Gasteiger partial charge is 0.497 e. The zero-order valence-electron chi connectivity index (χ0n) is 26.7.